The number of benzene rings is 2. The van der Waals surface area contributed by atoms with Crippen LogP contribution in [0, 0.1) is 18.8 Å². The zero-order chi connectivity index (χ0) is 18.4. The molecule has 5 rings (SSSR count). The lowest BCUT2D eigenvalue weighted by Crippen LogP contribution is -2.44. The molecular weight excluding hydrogens is 392 g/mol. The number of hydrogen-bond donors (Lipinski definition) is 0. The summed E-state index contributed by atoms with van der Waals surface area (Å²) in [5.41, 5.74) is 8.17. The second-order valence-corrected chi connectivity index (χ2v) is 10.0. The van der Waals surface area contributed by atoms with Crippen molar-refractivity contribution in [3.05, 3.63) is 57.6 Å². The van der Waals surface area contributed by atoms with E-state index in [1.54, 1.807) is 11.1 Å². The van der Waals surface area contributed by atoms with Gasteiger partial charge in [-0.05, 0) is 78.3 Å². The van der Waals surface area contributed by atoms with E-state index in [4.69, 9.17) is 0 Å². The van der Waals surface area contributed by atoms with Crippen LogP contribution in [0.2, 0.25) is 0 Å². The predicted molar refractivity (Wildman–Crippen MR) is 118 cm³/mol. The van der Waals surface area contributed by atoms with Gasteiger partial charge in [0.2, 0.25) is 0 Å². The molecule has 0 nitrogen and oxygen atoms in total. The van der Waals surface area contributed by atoms with E-state index in [9.17, 15) is 0 Å². The van der Waals surface area contributed by atoms with E-state index in [-0.39, 0.29) is 5.41 Å². The smallest absolute Gasteiger partial charge is 0.0274 e. The molecule has 0 aromatic heterocycles. The van der Waals surface area contributed by atoms with E-state index in [0.29, 0.717) is 0 Å². The molecule has 2 saturated carbocycles. The van der Waals surface area contributed by atoms with Crippen LogP contribution in [0.3, 0.4) is 0 Å². The second-order valence-electron chi connectivity index (χ2n) is 9.18. The fourth-order valence-corrected chi connectivity index (χ4v) is 7.28. The molecule has 0 heterocycles. The Morgan fingerprint density at radius 3 is 1.96 bits per heavy atom. The first-order chi connectivity index (χ1) is 13.2. The molecule has 2 fully saturated rings. The second kappa shape index (κ2) is 7.07. The van der Waals surface area contributed by atoms with E-state index >= 15 is 0 Å². The molecule has 27 heavy (non-hydrogen) atoms. The first kappa shape index (κ1) is 18.0. The topological polar surface area (TPSA) is 0 Å². The first-order valence-corrected chi connectivity index (χ1v) is 11.9. The Balaban J connectivity index is 1.82. The first-order valence-electron chi connectivity index (χ1n) is 11.1. The van der Waals surface area contributed by atoms with E-state index < -0.39 is 0 Å². The molecule has 2 aromatic carbocycles. The van der Waals surface area contributed by atoms with Crippen LogP contribution < -0.4 is 0 Å². The lowest BCUT2D eigenvalue weighted by Gasteiger charge is -2.49. The average Bonchev–Trinajstić information content (AvgIpc) is 3.04. The quantitative estimate of drug-likeness (QED) is 0.457. The maximum atomic E-state index is 3.89. The third-order valence-corrected chi connectivity index (χ3v) is 8.83. The summed E-state index contributed by atoms with van der Waals surface area (Å²) in [6, 6.07) is 14.1. The molecule has 142 valence electrons. The molecule has 0 radical (unpaired) electrons. The van der Waals surface area contributed by atoms with E-state index in [0.717, 1.165) is 11.8 Å². The highest BCUT2D eigenvalue weighted by Gasteiger charge is 2.53. The summed E-state index contributed by atoms with van der Waals surface area (Å²) in [7, 11) is 0. The maximum absolute atomic E-state index is 3.89. The normalized spacial score (nSPS) is 22.4. The minimum atomic E-state index is 0.251. The van der Waals surface area contributed by atoms with Crippen LogP contribution in [0.1, 0.15) is 80.9 Å². The molecule has 0 atom stereocenters. The summed E-state index contributed by atoms with van der Waals surface area (Å²) in [6.07, 6.45) is 14.2. The highest BCUT2D eigenvalue weighted by Crippen LogP contribution is 2.62. The van der Waals surface area contributed by atoms with Gasteiger partial charge in [0.05, 0.1) is 0 Å². The zero-order valence-corrected chi connectivity index (χ0v) is 18.2. The van der Waals surface area contributed by atoms with E-state index in [2.05, 4.69) is 59.3 Å². The molecule has 0 unspecified atom stereocenters. The summed E-state index contributed by atoms with van der Waals surface area (Å²) in [4.78, 5) is 0. The lowest BCUT2D eigenvalue weighted by molar-refractivity contribution is 0.137. The fourth-order valence-electron chi connectivity index (χ4n) is 6.95. The van der Waals surface area contributed by atoms with Crippen LogP contribution in [-0.2, 0) is 5.41 Å². The summed E-state index contributed by atoms with van der Waals surface area (Å²) < 4.78 is 1.30. The van der Waals surface area contributed by atoms with Crippen molar-refractivity contribution in [1.29, 1.82) is 0 Å². The van der Waals surface area contributed by atoms with Crippen LogP contribution in [0.4, 0.5) is 0 Å². The summed E-state index contributed by atoms with van der Waals surface area (Å²) in [5.74, 6) is 1.62. The SMILES string of the molecule is Cc1c(Br)ccc2c1C(C1CCCCC1)(C1CCCCC1)c1ccccc1-2. The van der Waals surface area contributed by atoms with Gasteiger partial charge in [0.15, 0.2) is 0 Å². The average molecular weight is 423 g/mol. The molecule has 0 bridgehead atoms. The van der Waals surface area contributed by atoms with Gasteiger partial charge in [0, 0.05) is 9.89 Å². The Labute approximate surface area is 172 Å². The molecule has 2 aromatic rings. The van der Waals surface area contributed by atoms with Gasteiger partial charge < -0.3 is 0 Å². The highest BCUT2D eigenvalue weighted by molar-refractivity contribution is 9.10. The predicted octanol–water partition coefficient (Wildman–Crippen LogP) is 8.18. The van der Waals surface area contributed by atoms with E-state index in [1.165, 1.54) is 85.4 Å². The van der Waals surface area contributed by atoms with Gasteiger partial charge >= 0.3 is 0 Å². The van der Waals surface area contributed by atoms with Crippen molar-refractivity contribution >= 4 is 15.9 Å². The van der Waals surface area contributed by atoms with Crippen molar-refractivity contribution in [2.45, 2.75) is 76.5 Å². The Hall–Kier alpha value is -1.08. The van der Waals surface area contributed by atoms with Gasteiger partial charge in [-0.2, -0.15) is 0 Å². The number of rotatable bonds is 2. The van der Waals surface area contributed by atoms with Crippen molar-refractivity contribution in [1.82, 2.24) is 0 Å². The molecule has 0 N–H and O–H groups in total. The number of halogens is 1. The standard InChI is InChI=1S/C26H31Br/c1-18-24(27)17-16-22-21-14-8-9-15-23(21)26(25(18)22,19-10-4-2-5-11-19)20-12-6-3-7-13-20/h8-9,14-17,19-20H,2-7,10-13H2,1H3. The Kier molecular flexibility index (Phi) is 4.71. The Morgan fingerprint density at radius 2 is 1.33 bits per heavy atom. The van der Waals surface area contributed by atoms with Gasteiger partial charge in [-0.25, -0.2) is 0 Å². The molecule has 0 spiro atoms. The van der Waals surface area contributed by atoms with Crippen LogP contribution in [0.15, 0.2) is 40.9 Å². The van der Waals surface area contributed by atoms with Crippen molar-refractivity contribution < 1.29 is 0 Å². The molecule has 0 amide bonds. The van der Waals surface area contributed by atoms with Gasteiger partial charge in [-0.1, -0.05) is 84.8 Å². The summed E-state index contributed by atoms with van der Waals surface area (Å²) in [6.45, 7) is 2.37. The minimum Gasteiger partial charge on any atom is -0.0619 e. The van der Waals surface area contributed by atoms with Crippen molar-refractivity contribution in [3.63, 3.8) is 0 Å². The Morgan fingerprint density at radius 1 is 0.741 bits per heavy atom. The largest absolute Gasteiger partial charge is 0.0619 e. The number of hydrogen-bond acceptors (Lipinski definition) is 0. The third-order valence-electron chi connectivity index (χ3n) is 7.97. The van der Waals surface area contributed by atoms with E-state index in [1.807, 2.05) is 0 Å². The van der Waals surface area contributed by atoms with Crippen LogP contribution in [0.5, 0.6) is 0 Å². The number of fused-ring (bicyclic) bond motifs is 3. The highest BCUT2D eigenvalue weighted by atomic mass is 79.9. The van der Waals surface area contributed by atoms with Crippen LogP contribution in [0.25, 0.3) is 11.1 Å². The zero-order valence-electron chi connectivity index (χ0n) is 16.6. The molecule has 0 aliphatic heterocycles. The summed E-state index contributed by atoms with van der Waals surface area (Å²) in [5, 5.41) is 0. The van der Waals surface area contributed by atoms with Gasteiger partial charge in [0.25, 0.3) is 0 Å². The fraction of sp³-hybridized carbons (Fsp3) is 0.538. The minimum absolute atomic E-state index is 0.251. The van der Waals surface area contributed by atoms with Gasteiger partial charge in [0.1, 0.15) is 0 Å². The molecule has 1 heteroatoms. The molecule has 3 aliphatic carbocycles. The van der Waals surface area contributed by atoms with Crippen LogP contribution >= 0.6 is 15.9 Å². The maximum Gasteiger partial charge on any atom is 0.0274 e. The lowest BCUT2D eigenvalue weighted by atomic mass is 9.54. The summed E-state index contributed by atoms with van der Waals surface area (Å²) >= 11 is 3.89. The Bertz CT molecular complexity index is 819. The molecular formula is C26H31Br. The third kappa shape index (κ3) is 2.60. The van der Waals surface area contributed by atoms with Gasteiger partial charge in [-0.3, -0.25) is 0 Å². The van der Waals surface area contributed by atoms with Gasteiger partial charge in [-0.15, -0.1) is 0 Å². The molecule has 3 aliphatic rings. The van der Waals surface area contributed by atoms with Crippen molar-refractivity contribution in [2.75, 3.05) is 0 Å². The monoisotopic (exact) mass is 422 g/mol. The van der Waals surface area contributed by atoms with Crippen LogP contribution in [-0.4, -0.2) is 0 Å². The van der Waals surface area contributed by atoms with Crippen molar-refractivity contribution in [2.24, 2.45) is 11.8 Å². The molecule has 0 saturated heterocycles. The van der Waals surface area contributed by atoms with Crippen molar-refractivity contribution in [3.8, 4) is 11.1 Å².